The third-order valence-electron chi connectivity index (χ3n) is 2.18. The van der Waals surface area contributed by atoms with Gasteiger partial charge in [-0.2, -0.15) is 0 Å². The highest BCUT2D eigenvalue weighted by molar-refractivity contribution is 9.09. The van der Waals surface area contributed by atoms with Gasteiger partial charge >= 0.3 is 0 Å². The van der Waals surface area contributed by atoms with E-state index in [9.17, 15) is 4.39 Å². The van der Waals surface area contributed by atoms with Gasteiger partial charge in [0.25, 0.3) is 0 Å². The minimum Gasteiger partial charge on any atom is -0.384 e. The molecule has 0 radical (unpaired) electrons. The minimum atomic E-state index is -0.170. The summed E-state index contributed by atoms with van der Waals surface area (Å²) in [6.07, 6.45) is 0. The van der Waals surface area contributed by atoms with Crippen molar-refractivity contribution in [2.45, 2.75) is 5.92 Å². The second kappa shape index (κ2) is 3.05. The Labute approximate surface area is 79.1 Å². The molecule has 3 heteroatoms. The molecule has 64 valence electrons. The SMILES string of the molecule is Fc1ccc2c(c1)NCC2CBr. The van der Waals surface area contributed by atoms with E-state index in [1.807, 2.05) is 6.07 Å². The molecule has 0 amide bonds. The highest BCUT2D eigenvalue weighted by Crippen LogP contribution is 2.32. The van der Waals surface area contributed by atoms with Gasteiger partial charge in [0.2, 0.25) is 0 Å². The Morgan fingerprint density at radius 2 is 2.42 bits per heavy atom. The fourth-order valence-electron chi connectivity index (χ4n) is 1.52. The van der Waals surface area contributed by atoms with E-state index < -0.39 is 0 Å². The predicted molar refractivity (Wildman–Crippen MR) is 51.4 cm³/mol. The van der Waals surface area contributed by atoms with E-state index in [-0.39, 0.29) is 5.82 Å². The van der Waals surface area contributed by atoms with E-state index >= 15 is 0 Å². The van der Waals surface area contributed by atoms with Crippen LogP contribution < -0.4 is 5.32 Å². The quantitative estimate of drug-likeness (QED) is 0.731. The number of anilines is 1. The van der Waals surface area contributed by atoms with Crippen molar-refractivity contribution < 1.29 is 4.39 Å². The summed E-state index contributed by atoms with van der Waals surface area (Å²) in [5, 5.41) is 4.10. The normalized spacial score (nSPS) is 20.3. The Balaban J connectivity index is 2.40. The van der Waals surface area contributed by atoms with E-state index in [1.54, 1.807) is 6.07 Å². The van der Waals surface area contributed by atoms with Crippen LogP contribution in [0.15, 0.2) is 18.2 Å². The molecule has 1 atom stereocenters. The molecule has 1 heterocycles. The molecule has 0 spiro atoms. The molecule has 1 nitrogen and oxygen atoms in total. The molecule has 0 fully saturated rings. The van der Waals surface area contributed by atoms with Crippen molar-refractivity contribution in [3.8, 4) is 0 Å². The lowest BCUT2D eigenvalue weighted by atomic mass is 10.0. The Bertz CT molecular complexity index is 301. The average molecular weight is 230 g/mol. The number of hydrogen-bond acceptors (Lipinski definition) is 1. The number of alkyl halides is 1. The van der Waals surface area contributed by atoms with Crippen LogP contribution in [0.25, 0.3) is 0 Å². The zero-order valence-electron chi connectivity index (χ0n) is 6.48. The largest absolute Gasteiger partial charge is 0.384 e. The Hall–Kier alpha value is -0.570. The van der Waals surface area contributed by atoms with Gasteiger partial charge in [0, 0.05) is 23.5 Å². The fraction of sp³-hybridized carbons (Fsp3) is 0.333. The molecular weight excluding hydrogens is 221 g/mol. The van der Waals surface area contributed by atoms with Crippen molar-refractivity contribution in [1.82, 2.24) is 0 Å². The molecule has 1 aromatic rings. The summed E-state index contributed by atoms with van der Waals surface area (Å²) in [6, 6.07) is 4.93. The summed E-state index contributed by atoms with van der Waals surface area (Å²) in [4.78, 5) is 0. The summed E-state index contributed by atoms with van der Waals surface area (Å²) >= 11 is 3.43. The molecule has 0 aromatic heterocycles. The van der Waals surface area contributed by atoms with Crippen LogP contribution in [0.2, 0.25) is 0 Å². The van der Waals surface area contributed by atoms with Crippen molar-refractivity contribution in [3.05, 3.63) is 29.6 Å². The topological polar surface area (TPSA) is 12.0 Å². The molecule has 0 bridgehead atoms. The number of hydrogen-bond donors (Lipinski definition) is 1. The van der Waals surface area contributed by atoms with Crippen molar-refractivity contribution in [2.75, 3.05) is 17.2 Å². The second-order valence-electron chi connectivity index (χ2n) is 2.96. The van der Waals surface area contributed by atoms with Gasteiger partial charge in [0.05, 0.1) is 0 Å². The average Bonchev–Trinajstić information content (AvgIpc) is 2.46. The highest BCUT2D eigenvalue weighted by Gasteiger charge is 2.20. The van der Waals surface area contributed by atoms with E-state index in [4.69, 9.17) is 0 Å². The standard InChI is InChI=1S/C9H9BrFN/c10-4-6-5-12-9-3-7(11)1-2-8(6)9/h1-3,6,12H,4-5H2. The molecule has 12 heavy (non-hydrogen) atoms. The summed E-state index contributed by atoms with van der Waals surface area (Å²) in [5.41, 5.74) is 2.16. The first-order chi connectivity index (χ1) is 5.81. The monoisotopic (exact) mass is 229 g/mol. The van der Waals surface area contributed by atoms with Crippen LogP contribution in [0.4, 0.5) is 10.1 Å². The van der Waals surface area contributed by atoms with Crippen molar-refractivity contribution >= 4 is 21.6 Å². The molecule has 0 saturated heterocycles. The number of halogens is 2. The van der Waals surface area contributed by atoms with Crippen LogP contribution in [0.3, 0.4) is 0 Å². The molecule has 1 aliphatic rings. The zero-order valence-corrected chi connectivity index (χ0v) is 8.07. The Morgan fingerprint density at radius 1 is 1.58 bits per heavy atom. The third-order valence-corrected chi connectivity index (χ3v) is 2.96. The predicted octanol–water partition coefficient (Wildman–Crippen LogP) is 2.73. The van der Waals surface area contributed by atoms with Gasteiger partial charge < -0.3 is 5.32 Å². The number of benzene rings is 1. The Morgan fingerprint density at radius 3 is 3.17 bits per heavy atom. The van der Waals surface area contributed by atoms with Gasteiger partial charge in [-0.25, -0.2) is 4.39 Å². The molecule has 1 N–H and O–H groups in total. The van der Waals surface area contributed by atoms with E-state index in [0.717, 1.165) is 17.6 Å². The smallest absolute Gasteiger partial charge is 0.125 e. The number of fused-ring (bicyclic) bond motifs is 1. The van der Waals surface area contributed by atoms with E-state index in [1.165, 1.54) is 11.6 Å². The summed E-state index contributed by atoms with van der Waals surface area (Å²) in [6.45, 7) is 0.907. The van der Waals surface area contributed by atoms with Crippen LogP contribution in [0.5, 0.6) is 0 Å². The first-order valence-electron chi connectivity index (χ1n) is 3.90. The van der Waals surface area contributed by atoms with Gasteiger partial charge in [0.15, 0.2) is 0 Å². The lowest BCUT2D eigenvalue weighted by Gasteiger charge is -2.03. The van der Waals surface area contributed by atoms with Crippen molar-refractivity contribution in [3.63, 3.8) is 0 Å². The van der Waals surface area contributed by atoms with Gasteiger partial charge in [0.1, 0.15) is 5.82 Å². The van der Waals surface area contributed by atoms with Gasteiger partial charge in [-0.05, 0) is 17.7 Å². The van der Waals surface area contributed by atoms with Crippen molar-refractivity contribution in [1.29, 1.82) is 0 Å². The van der Waals surface area contributed by atoms with E-state index in [0.29, 0.717) is 5.92 Å². The third kappa shape index (κ3) is 1.22. The Kier molecular flexibility index (Phi) is 2.05. The first kappa shape index (κ1) is 8.05. The highest BCUT2D eigenvalue weighted by atomic mass is 79.9. The molecular formula is C9H9BrFN. The fourth-order valence-corrected chi connectivity index (χ4v) is 2.10. The maximum atomic E-state index is 12.7. The summed E-state index contributed by atoms with van der Waals surface area (Å²) in [5.74, 6) is 0.317. The maximum absolute atomic E-state index is 12.7. The van der Waals surface area contributed by atoms with Gasteiger partial charge in [-0.1, -0.05) is 22.0 Å². The first-order valence-corrected chi connectivity index (χ1v) is 5.02. The lowest BCUT2D eigenvalue weighted by Crippen LogP contribution is -2.02. The lowest BCUT2D eigenvalue weighted by molar-refractivity contribution is 0.628. The molecule has 1 aromatic carbocycles. The van der Waals surface area contributed by atoms with Crippen LogP contribution in [0.1, 0.15) is 11.5 Å². The van der Waals surface area contributed by atoms with E-state index in [2.05, 4.69) is 21.2 Å². The number of nitrogens with one attached hydrogen (secondary N) is 1. The van der Waals surface area contributed by atoms with Crippen LogP contribution >= 0.6 is 15.9 Å². The summed E-state index contributed by atoms with van der Waals surface area (Å²) < 4.78 is 12.7. The molecule has 0 aliphatic carbocycles. The van der Waals surface area contributed by atoms with Crippen LogP contribution in [-0.2, 0) is 0 Å². The van der Waals surface area contributed by atoms with Crippen LogP contribution in [0, 0.1) is 5.82 Å². The summed E-state index contributed by atoms with van der Waals surface area (Å²) in [7, 11) is 0. The molecule has 1 unspecified atom stereocenters. The second-order valence-corrected chi connectivity index (χ2v) is 3.61. The van der Waals surface area contributed by atoms with Crippen molar-refractivity contribution in [2.24, 2.45) is 0 Å². The van der Waals surface area contributed by atoms with Gasteiger partial charge in [-0.15, -0.1) is 0 Å². The molecule has 0 saturated carbocycles. The maximum Gasteiger partial charge on any atom is 0.125 e. The molecule has 1 aliphatic heterocycles. The van der Waals surface area contributed by atoms with Crippen LogP contribution in [-0.4, -0.2) is 11.9 Å². The molecule has 2 rings (SSSR count). The zero-order chi connectivity index (χ0) is 8.55. The minimum absolute atomic E-state index is 0.170. The number of rotatable bonds is 1. The van der Waals surface area contributed by atoms with Gasteiger partial charge in [-0.3, -0.25) is 0 Å².